The van der Waals surface area contributed by atoms with E-state index in [2.05, 4.69) is 26.0 Å². The van der Waals surface area contributed by atoms with Crippen LogP contribution in [0.25, 0.3) is 0 Å². The fourth-order valence-electron chi connectivity index (χ4n) is 5.76. The Morgan fingerprint density at radius 2 is 1.40 bits per heavy atom. The van der Waals surface area contributed by atoms with Crippen LogP contribution in [-0.2, 0) is 6.42 Å². The van der Waals surface area contributed by atoms with Crippen LogP contribution in [-0.4, -0.2) is 6.61 Å². The summed E-state index contributed by atoms with van der Waals surface area (Å²) in [5, 5.41) is 19.4. The van der Waals surface area contributed by atoms with Crippen LogP contribution in [0.15, 0.2) is 12.1 Å². The molecule has 0 aliphatic heterocycles. The van der Waals surface area contributed by atoms with Gasteiger partial charge < -0.3 is 4.74 Å². The van der Waals surface area contributed by atoms with Crippen LogP contribution in [0.5, 0.6) is 5.75 Å². The summed E-state index contributed by atoms with van der Waals surface area (Å²) in [6.07, 6.45) is 17.8. The van der Waals surface area contributed by atoms with Gasteiger partial charge in [-0.3, -0.25) is 0 Å². The highest BCUT2D eigenvalue weighted by molar-refractivity contribution is 5.57. The third-order valence-corrected chi connectivity index (χ3v) is 8.02. The molecular weight excluding hydrogens is 368 g/mol. The Bertz CT molecular complexity index is 774. The van der Waals surface area contributed by atoms with E-state index >= 15 is 0 Å². The average Bonchev–Trinajstić information content (AvgIpc) is 2.79. The normalized spacial score (nSPS) is 24.9. The maximum Gasteiger partial charge on any atom is 0.138 e. The molecule has 0 N–H and O–H groups in total. The highest BCUT2D eigenvalue weighted by Gasteiger charge is 2.47. The van der Waals surface area contributed by atoms with E-state index in [0.717, 1.165) is 31.2 Å². The molecular formula is C27H38N2O. The molecule has 4 rings (SSSR count). The molecule has 0 spiro atoms. The molecule has 30 heavy (non-hydrogen) atoms. The summed E-state index contributed by atoms with van der Waals surface area (Å²) in [6.45, 7) is 5.00. The van der Waals surface area contributed by atoms with Crippen molar-refractivity contribution in [3.05, 3.63) is 28.8 Å². The van der Waals surface area contributed by atoms with Crippen LogP contribution in [0.2, 0.25) is 0 Å². The Balaban J connectivity index is 1.64. The summed E-state index contributed by atoms with van der Waals surface area (Å²) < 4.78 is 5.79. The largest absolute Gasteiger partial charge is 0.492 e. The van der Waals surface area contributed by atoms with E-state index in [1.54, 1.807) is 0 Å². The van der Waals surface area contributed by atoms with Crippen LogP contribution in [0, 0.1) is 33.5 Å². The minimum Gasteiger partial charge on any atom is -0.492 e. The number of rotatable bonds is 11. The summed E-state index contributed by atoms with van der Waals surface area (Å²) in [5.41, 5.74) is 3.08. The minimum absolute atomic E-state index is 0.422. The van der Waals surface area contributed by atoms with Crippen LogP contribution < -0.4 is 4.74 Å². The van der Waals surface area contributed by atoms with Gasteiger partial charge >= 0.3 is 0 Å². The number of fused-ring (bicyclic) bond motifs is 3. The number of unbranched alkanes of at least 4 members (excludes halogenated alkanes) is 3. The Morgan fingerprint density at radius 1 is 0.800 bits per heavy atom. The van der Waals surface area contributed by atoms with Crippen molar-refractivity contribution in [2.45, 2.75) is 104 Å². The second kappa shape index (κ2) is 10.3. The number of hydrogen-bond acceptors (Lipinski definition) is 3. The summed E-state index contributed by atoms with van der Waals surface area (Å²) in [4.78, 5) is 0. The second-order valence-electron chi connectivity index (χ2n) is 9.86. The number of benzene rings is 1. The smallest absolute Gasteiger partial charge is 0.138 e. The van der Waals surface area contributed by atoms with Gasteiger partial charge in [-0.05, 0) is 86.7 Å². The lowest BCUT2D eigenvalue weighted by Gasteiger charge is -2.54. The molecule has 1 aromatic rings. The molecule has 162 valence electrons. The highest BCUT2D eigenvalue weighted by Crippen LogP contribution is 2.60. The molecule has 2 bridgehead atoms. The first kappa shape index (κ1) is 22.7. The summed E-state index contributed by atoms with van der Waals surface area (Å²) in [6, 6.07) is 8.47. The van der Waals surface area contributed by atoms with Gasteiger partial charge in [-0.2, -0.15) is 10.5 Å². The molecule has 0 aromatic heterocycles. The number of ether oxygens (including phenoxy) is 1. The zero-order valence-corrected chi connectivity index (χ0v) is 19.1. The van der Waals surface area contributed by atoms with Gasteiger partial charge in [0, 0.05) is 0 Å². The zero-order chi connectivity index (χ0) is 21.5. The van der Waals surface area contributed by atoms with Crippen LogP contribution in [0.1, 0.15) is 114 Å². The van der Waals surface area contributed by atoms with Gasteiger partial charge in [0.25, 0.3) is 0 Å². The first-order valence-electron chi connectivity index (χ1n) is 12.2. The summed E-state index contributed by atoms with van der Waals surface area (Å²) >= 11 is 0. The molecule has 0 atom stereocenters. The molecule has 3 heteroatoms. The molecule has 3 aliphatic carbocycles. The van der Waals surface area contributed by atoms with Crippen LogP contribution in [0.4, 0.5) is 0 Å². The Labute approximate surface area is 183 Å². The first-order valence-corrected chi connectivity index (χ1v) is 12.2. The van der Waals surface area contributed by atoms with Crippen molar-refractivity contribution in [3.63, 3.8) is 0 Å². The highest BCUT2D eigenvalue weighted by atomic mass is 16.5. The van der Waals surface area contributed by atoms with Gasteiger partial charge in [-0.25, -0.2) is 0 Å². The molecule has 3 fully saturated rings. The number of nitrogens with zero attached hydrogens (tertiary/aromatic N) is 2. The van der Waals surface area contributed by atoms with E-state index in [9.17, 15) is 10.5 Å². The molecule has 3 saturated carbocycles. The molecule has 1 aromatic carbocycles. The number of aryl methyl sites for hydroxylation is 1. The Morgan fingerprint density at radius 3 is 1.97 bits per heavy atom. The molecule has 3 aliphatic rings. The van der Waals surface area contributed by atoms with Crippen molar-refractivity contribution in [2.24, 2.45) is 10.8 Å². The maximum absolute atomic E-state index is 9.77. The van der Waals surface area contributed by atoms with E-state index in [-0.39, 0.29) is 0 Å². The fourth-order valence-corrected chi connectivity index (χ4v) is 5.76. The number of hydrogen-bond donors (Lipinski definition) is 0. The number of nitriles is 2. The quantitative estimate of drug-likeness (QED) is 0.358. The molecule has 0 amide bonds. The maximum atomic E-state index is 9.77. The standard InChI is InChI=1S/C27H38N2O/c1-3-5-7-11-26-13-16-27(17-14-26,18-15-26)12-10-22-8-9-25(30-19-6-4-2)24(21-29)23(22)20-28/h8-9H,3-7,10-19H2,1-2H3. The SMILES string of the molecule is CCCCCC12CCC(CCc3ccc(OCCCC)c(C#N)c3C#N)(CC1)CC2. The van der Waals surface area contributed by atoms with E-state index in [1.807, 2.05) is 12.1 Å². The van der Waals surface area contributed by atoms with Gasteiger partial charge in [0.1, 0.15) is 23.5 Å². The van der Waals surface area contributed by atoms with Crippen molar-refractivity contribution in [1.29, 1.82) is 10.5 Å². The van der Waals surface area contributed by atoms with Crippen molar-refractivity contribution in [3.8, 4) is 17.9 Å². The monoisotopic (exact) mass is 406 g/mol. The minimum atomic E-state index is 0.422. The average molecular weight is 407 g/mol. The van der Waals surface area contributed by atoms with Gasteiger partial charge in [-0.15, -0.1) is 0 Å². The van der Waals surface area contributed by atoms with Crippen molar-refractivity contribution < 1.29 is 4.74 Å². The lowest BCUT2D eigenvalue weighted by molar-refractivity contribution is -0.0204. The molecule has 0 radical (unpaired) electrons. The first-order chi connectivity index (χ1) is 14.6. The molecule has 0 heterocycles. The third-order valence-electron chi connectivity index (χ3n) is 8.02. The lowest BCUT2D eigenvalue weighted by Crippen LogP contribution is -2.41. The van der Waals surface area contributed by atoms with Crippen molar-refractivity contribution in [2.75, 3.05) is 6.61 Å². The van der Waals surface area contributed by atoms with Crippen LogP contribution in [0.3, 0.4) is 0 Å². The van der Waals surface area contributed by atoms with Gasteiger partial charge in [0.15, 0.2) is 0 Å². The lowest BCUT2D eigenvalue weighted by atomic mass is 9.51. The van der Waals surface area contributed by atoms with Gasteiger partial charge in [-0.1, -0.05) is 45.6 Å². The van der Waals surface area contributed by atoms with E-state index in [0.29, 0.717) is 34.3 Å². The summed E-state index contributed by atoms with van der Waals surface area (Å²) in [5.74, 6) is 0.566. The third kappa shape index (κ3) is 5.00. The predicted molar refractivity (Wildman–Crippen MR) is 121 cm³/mol. The molecule has 0 saturated heterocycles. The van der Waals surface area contributed by atoms with E-state index in [4.69, 9.17) is 4.74 Å². The zero-order valence-electron chi connectivity index (χ0n) is 19.1. The topological polar surface area (TPSA) is 56.8 Å². The van der Waals surface area contributed by atoms with E-state index < -0.39 is 0 Å². The van der Waals surface area contributed by atoms with E-state index in [1.165, 1.54) is 64.2 Å². The predicted octanol–water partition coefficient (Wildman–Crippen LogP) is 7.46. The van der Waals surface area contributed by atoms with Crippen LogP contribution >= 0.6 is 0 Å². The fraction of sp³-hybridized carbons (Fsp3) is 0.704. The summed E-state index contributed by atoms with van der Waals surface area (Å²) in [7, 11) is 0. The Kier molecular flexibility index (Phi) is 7.82. The van der Waals surface area contributed by atoms with Gasteiger partial charge in [0.05, 0.1) is 12.2 Å². The van der Waals surface area contributed by atoms with Crippen molar-refractivity contribution >= 4 is 0 Å². The second-order valence-corrected chi connectivity index (χ2v) is 9.86. The molecule has 0 unspecified atom stereocenters. The Hall–Kier alpha value is -2.00. The molecule has 3 nitrogen and oxygen atoms in total. The van der Waals surface area contributed by atoms with Gasteiger partial charge in [0.2, 0.25) is 0 Å². The van der Waals surface area contributed by atoms with Crippen molar-refractivity contribution in [1.82, 2.24) is 0 Å².